The van der Waals surface area contributed by atoms with Crippen molar-refractivity contribution < 1.29 is 13.9 Å². The van der Waals surface area contributed by atoms with E-state index in [1.165, 1.54) is 17.8 Å². The molecule has 1 heterocycles. The van der Waals surface area contributed by atoms with Gasteiger partial charge >= 0.3 is 0 Å². The van der Waals surface area contributed by atoms with Gasteiger partial charge in [0, 0.05) is 6.54 Å². The number of nitrogens with zero attached hydrogens (tertiary/aromatic N) is 2. The van der Waals surface area contributed by atoms with Crippen LogP contribution in [0.2, 0.25) is 0 Å². The number of benzene rings is 2. The van der Waals surface area contributed by atoms with Crippen molar-refractivity contribution in [1.29, 1.82) is 0 Å². The molecule has 0 bridgehead atoms. The molecule has 0 spiro atoms. The average molecular weight is 384 g/mol. The molecular formula is C21H21FN2O2S. The summed E-state index contributed by atoms with van der Waals surface area (Å²) in [5.41, 5.74) is 1.09. The number of aliphatic imine (C=N–C) groups is 1. The SMILES string of the molecule is CCN1C(=O)/C(=C\c2cccc(OC(C)C)c2)SC1=Nc1ccccc1F. The van der Waals surface area contributed by atoms with Crippen LogP contribution in [0.1, 0.15) is 26.3 Å². The van der Waals surface area contributed by atoms with Crippen molar-refractivity contribution in [1.82, 2.24) is 4.90 Å². The van der Waals surface area contributed by atoms with Gasteiger partial charge in [0.1, 0.15) is 17.3 Å². The summed E-state index contributed by atoms with van der Waals surface area (Å²) in [6, 6.07) is 13.9. The summed E-state index contributed by atoms with van der Waals surface area (Å²) in [7, 11) is 0. The second-order valence-corrected chi connectivity index (χ2v) is 7.25. The molecule has 2 aromatic carbocycles. The van der Waals surface area contributed by atoms with E-state index in [9.17, 15) is 9.18 Å². The van der Waals surface area contributed by atoms with Crippen molar-refractivity contribution in [3.63, 3.8) is 0 Å². The molecule has 27 heavy (non-hydrogen) atoms. The summed E-state index contributed by atoms with van der Waals surface area (Å²) in [5, 5.41) is 0.480. The van der Waals surface area contributed by atoms with Crippen LogP contribution < -0.4 is 4.74 Å². The lowest BCUT2D eigenvalue weighted by atomic mass is 10.2. The second kappa shape index (κ2) is 8.39. The van der Waals surface area contributed by atoms with E-state index in [0.29, 0.717) is 16.6 Å². The van der Waals surface area contributed by atoms with Gasteiger partial charge in [-0.25, -0.2) is 9.38 Å². The molecule has 0 atom stereocenters. The first-order chi connectivity index (χ1) is 13.0. The maximum atomic E-state index is 13.9. The smallest absolute Gasteiger partial charge is 0.266 e. The van der Waals surface area contributed by atoms with Crippen LogP contribution in [-0.4, -0.2) is 28.6 Å². The quantitative estimate of drug-likeness (QED) is 0.662. The zero-order valence-electron chi connectivity index (χ0n) is 15.5. The molecule has 0 aromatic heterocycles. The maximum absolute atomic E-state index is 13.9. The van der Waals surface area contributed by atoms with E-state index in [4.69, 9.17) is 4.74 Å². The summed E-state index contributed by atoms with van der Waals surface area (Å²) >= 11 is 1.25. The van der Waals surface area contributed by atoms with Crippen LogP contribution in [0.15, 0.2) is 58.4 Å². The van der Waals surface area contributed by atoms with Crippen LogP contribution >= 0.6 is 11.8 Å². The largest absolute Gasteiger partial charge is 0.491 e. The zero-order valence-corrected chi connectivity index (χ0v) is 16.3. The van der Waals surface area contributed by atoms with Gasteiger partial charge in [0.15, 0.2) is 5.17 Å². The number of likely N-dealkylation sites (N-methyl/N-ethyl adjacent to an activating group) is 1. The Labute approximate surface area is 162 Å². The number of ether oxygens (including phenoxy) is 1. The number of halogens is 1. The Bertz CT molecular complexity index is 909. The molecule has 0 aliphatic carbocycles. The standard InChI is InChI=1S/C21H21FN2O2S/c1-4-24-20(25)19(13-15-8-7-9-16(12-15)26-14(2)3)27-21(24)23-18-11-6-5-10-17(18)22/h5-14H,4H2,1-3H3/b19-13+,23-21?. The van der Waals surface area contributed by atoms with Gasteiger partial charge < -0.3 is 4.74 Å². The molecule has 4 nitrogen and oxygen atoms in total. The van der Waals surface area contributed by atoms with Crippen LogP contribution in [0, 0.1) is 5.82 Å². The van der Waals surface area contributed by atoms with Crippen molar-refractivity contribution in [3.05, 3.63) is 64.8 Å². The van der Waals surface area contributed by atoms with E-state index in [-0.39, 0.29) is 17.7 Å². The van der Waals surface area contributed by atoms with Gasteiger partial charge in [-0.05, 0) is 68.4 Å². The van der Waals surface area contributed by atoms with Gasteiger partial charge in [0.25, 0.3) is 5.91 Å². The van der Waals surface area contributed by atoms with Crippen LogP contribution in [-0.2, 0) is 4.79 Å². The number of amidine groups is 1. The van der Waals surface area contributed by atoms with E-state index < -0.39 is 5.82 Å². The lowest BCUT2D eigenvalue weighted by Gasteiger charge is -2.12. The normalized spacial score (nSPS) is 17.4. The molecule has 0 N–H and O–H groups in total. The number of para-hydroxylation sites is 1. The van der Waals surface area contributed by atoms with Crippen LogP contribution in [0.25, 0.3) is 6.08 Å². The van der Waals surface area contributed by atoms with E-state index in [1.807, 2.05) is 51.1 Å². The van der Waals surface area contributed by atoms with E-state index in [0.717, 1.165) is 11.3 Å². The van der Waals surface area contributed by atoms with Crippen molar-refractivity contribution >= 4 is 34.6 Å². The van der Waals surface area contributed by atoms with E-state index in [1.54, 1.807) is 23.1 Å². The Hall–Kier alpha value is -2.60. The minimum Gasteiger partial charge on any atom is -0.491 e. The minimum absolute atomic E-state index is 0.0745. The predicted molar refractivity (Wildman–Crippen MR) is 109 cm³/mol. The molecule has 2 aromatic rings. The van der Waals surface area contributed by atoms with Crippen LogP contribution in [0.3, 0.4) is 0 Å². The van der Waals surface area contributed by atoms with Gasteiger partial charge in [0.2, 0.25) is 0 Å². The van der Waals surface area contributed by atoms with Crippen LogP contribution in [0.5, 0.6) is 5.75 Å². The molecule has 0 unspecified atom stereocenters. The topological polar surface area (TPSA) is 41.9 Å². The highest BCUT2D eigenvalue weighted by molar-refractivity contribution is 8.18. The first-order valence-corrected chi connectivity index (χ1v) is 9.61. The molecule has 1 saturated heterocycles. The molecule has 1 fully saturated rings. The third-order valence-electron chi connectivity index (χ3n) is 3.80. The highest BCUT2D eigenvalue weighted by Crippen LogP contribution is 2.34. The number of amides is 1. The first-order valence-electron chi connectivity index (χ1n) is 8.79. The fourth-order valence-corrected chi connectivity index (χ4v) is 3.67. The molecule has 6 heteroatoms. The second-order valence-electron chi connectivity index (χ2n) is 6.24. The predicted octanol–water partition coefficient (Wildman–Crippen LogP) is 5.24. The van der Waals surface area contributed by atoms with Gasteiger partial charge in [0.05, 0.1) is 11.0 Å². The fraction of sp³-hybridized carbons (Fsp3) is 0.238. The zero-order chi connectivity index (χ0) is 19.4. The van der Waals surface area contributed by atoms with Crippen molar-refractivity contribution in [3.8, 4) is 5.75 Å². The number of hydrogen-bond donors (Lipinski definition) is 0. The summed E-state index contributed by atoms with van der Waals surface area (Å²) in [4.78, 5) is 19.2. The molecule has 0 saturated carbocycles. The van der Waals surface area contributed by atoms with Crippen molar-refractivity contribution in [2.45, 2.75) is 26.9 Å². The Kier molecular flexibility index (Phi) is 5.96. The average Bonchev–Trinajstić information content (AvgIpc) is 2.91. The lowest BCUT2D eigenvalue weighted by Crippen LogP contribution is -2.28. The van der Waals surface area contributed by atoms with Gasteiger partial charge in [-0.3, -0.25) is 9.69 Å². The monoisotopic (exact) mass is 384 g/mol. The van der Waals surface area contributed by atoms with Gasteiger partial charge in [-0.15, -0.1) is 0 Å². The summed E-state index contributed by atoms with van der Waals surface area (Å²) in [6.45, 7) is 6.26. The molecule has 3 rings (SSSR count). The molecule has 140 valence electrons. The van der Waals surface area contributed by atoms with Gasteiger partial charge in [-0.1, -0.05) is 24.3 Å². The Balaban J connectivity index is 1.90. The highest BCUT2D eigenvalue weighted by atomic mass is 32.2. The summed E-state index contributed by atoms with van der Waals surface area (Å²) in [5.74, 6) is 0.209. The summed E-state index contributed by atoms with van der Waals surface area (Å²) < 4.78 is 19.6. The third-order valence-corrected chi connectivity index (χ3v) is 4.81. The van der Waals surface area contributed by atoms with Crippen molar-refractivity contribution in [2.24, 2.45) is 4.99 Å². The Morgan fingerprint density at radius 3 is 2.70 bits per heavy atom. The number of rotatable bonds is 5. The molecule has 1 amide bonds. The first kappa shape index (κ1) is 19.2. The molecule has 1 aliphatic heterocycles. The summed E-state index contributed by atoms with van der Waals surface area (Å²) in [6.07, 6.45) is 1.89. The molecule has 0 radical (unpaired) electrons. The number of thioether (sulfide) groups is 1. The highest BCUT2D eigenvalue weighted by Gasteiger charge is 2.32. The number of carbonyl (C=O) groups is 1. The van der Waals surface area contributed by atoms with Gasteiger partial charge in [-0.2, -0.15) is 0 Å². The van der Waals surface area contributed by atoms with E-state index >= 15 is 0 Å². The van der Waals surface area contributed by atoms with Crippen molar-refractivity contribution in [2.75, 3.05) is 6.54 Å². The number of hydrogen-bond acceptors (Lipinski definition) is 4. The van der Waals surface area contributed by atoms with Crippen LogP contribution in [0.4, 0.5) is 10.1 Å². The maximum Gasteiger partial charge on any atom is 0.266 e. The molecular weight excluding hydrogens is 363 g/mol. The lowest BCUT2D eigenvalue weighted by molar-refractivity contribution is -0.122. The minimum atomic E-state index is -0.412. The fourth-order valence-electron chi connectivity index (χ4n) is 2.62. The number of carbonyl (C=O) groups excluding carboxylic acids is 1. The molecule has 1 aliphatic rings. The Morgan fingerprint density at radius 2 is 2.00 bits per heavy atom. The third kappa shape index (κ3) is 4.57. The Morgan fingerprint density at radius 1 is 1.22 bits per heavy atom. The van der Waals surface area contributed by atoms with E-state index in [2.05, 4.69) is 4.99 Å².